The predicted octanol–water partition coefficient (Wildman–Crippen LogP) is 7.58. The van der Waals surface area contributed by atoms with Crippen molar-refractivity contribution in [2.45, 2.75) is 38.6 Å². The highest BCUT2D eigenvalue weighted by Gasteiger charge is 2.32. The molecule has 1 heterocycles. The third-order valence-electron chi connectivity index (χ3n) is 6.38. The summed E-state index contributed by atoms with van der Waals surface area (Å²) in [6.07, 6.45) is 0.388. The number of hydrogen-bond donors (Lipinski definition) is 0. The van der Waals surface area contributed by atoms with Crippen LogP contribution in [0.1, 0.15) is 43.5 Å². The quantitative estimate of drug-likeness (QED) is 0.357. The Morgan fingerprint density at radius 3 is 2.15 bits per heavy atom. The van der Waals surface area contributed by atoms with Gasteiger partial charge in [0, 0.05) is 29.7 Å². The van der Waals surface area contributed by atoms with Gasteiger partial charge in [-0.25, -0.2) is 0 Å². The molecule has 0 N–H and O–H groups in total. The normalized spacial score (nSPS) is 16.6. The van der Waals surface area contributed by atoms with Crippen molar-refractivity contribution in [1.82, 2.24) is 4.90 Å². The minimum atomic E-state index is -0.0445. The molecule has 1 atom stereocenters. The van der Waals surface area contributed by atoms with Crippen LogP contribution in [0, 0.1) is 0 Å². The number of carbonyl (C=O) groups excluding carboxylic acids is 1. The number of nitrogens with zero attached hydrogens (tertiary/aromatic N) is 2. The van der Waals surface area contributed by atoms with Gasteiger partial charge in [0.25, 0.3) is 0 Å². The lowest BCUT2D eigenvalue weighted by Gasteiger charge is -2.43. The maximum absolute atomic E-state index is 13.3. The van der Waals surface area contributed by atoms with E-state index >= 15 is 0 Å². The van der Waals surface area contributed by atoms with Crippen molar-refractivity contribution < 1.29 is 4.79 Å². The number of amides is 1. The molecular formula is C28H29Cl3N2O. The molecule has 3 nitrogen and oxygen atoms in total. The molecule has 1 aliphatic rings. The minimum Gasteiger partial charge on any atom is -0.360 e. The second kappa shape index (κ2) is 10.2. The van der Waals surface area contributed by atoms with E-state index in [-0.39, 0.29) is 17.4 Å². The summed E-state index contributed by atoms with van der Waals surface area (Å²) in [4.78, 5) is 17.5. The van der Waals surface area contributed by atoms with Gasteiger partial charge in [-0.1, -0.05) is 92.0 Å². The second-order valence-electron chi connectivity index (χ2n) is 9.82. The molecule has 0 aromatic heterocycles. The van der Waals surface area contributed by atoms with Gasteiger partial charge in [-0.15, -0.1) is 0 Å². The first-order valence-electron chi connectivity index (χ1n) is 11.5. The predicted molar refractivity (Wildman–Crippen MR) is 143 cm³/mol. The largest absolute Gasteiger partial charge is 0.360 e. The molecule has 1 unspecified atom stereocenters. The van der Waals surface area contributed by atoms with Crippen LogP contribution in [-0.4, -0.2) is 30.4 Å². The smallest absolute Gasteiger partial charge is 0.227 e. The summed E-state index contributed by atoms with van der Waals surface area (Å²) in [7, 11) is 0. The SMILES string of the molecule is CC(C)(C)c1ccc(CC(=O)N2CCN(c3ccc(Cl)cc3Cl)C(c3ccc(Cl)cc3)C2)cc1. The Labute approximate surface area is 217 Å². The van der Waals surface area contributed by atoms with E-state index < -0.39 is 0 Å². The summed E-state index contributed by atoms with van der Waals surface area (Å²) >= 11 is 18.8. The van der Waals surface area contributed by atoms with E-state index in [0.717, 1.165) is 16.8 Å². The molecule has 6 heteroatoms. The average Bonchev–Trinajstić information content (AvgIpc) is 2.79. The van der Waals surface area contributed by atoms with Gasteiger partial charge in [-0.2, -0.15) is 0 Å². The number of halogens is 3. The first-order valence-corrected chi connectivity index (χ1v) is 12.6. The van der Waals surface area contributed by atoms with Gasteiger partial charge in [-0.3, -0.25) is 4.79 Å². The molecule has 0 radical (unpaired) electrons. The van der Waals surface area contributed by atoms with Crippen LogP contribution in [0.4, 0.5) is 5.69 Å². The van der Waals surface area contributed by atoms with Gasteiger partial charge < -0.3 is 9.80 Å². The Morgan fingerprint density at radius 1 is 0.882 bits per heavy atom. The zero-order valence-electron chi connectivity index (χ0n) is 19.7. The van der Waals surface area contributed by atoms with Gasteiger partial charge in [0.2, 0.25) is 5.91 Å². The van der Waals surface area contributed by atoms with Gasteiger partial charge in [0.15, 0.2) is 0 Å². The standard InChI is InChI=1S/C28H29Cl3N2O/c1-28(2,3)21-8-4-19(5-9-21)16-27(34)32-14-15-33(25-13-12-23(30)17-24(25)31)26(18-32)20-6-10-22(29)11-7-20/h4-13,17,26H,14-16,18H2,1-3H3. The van der Waals surface area contributed by atoms with Crippen LogP contribution < -0.4 is 4.90 Å². The van der Waals surface area contributed by atoms with Crippen LogP contribution in [0.3, 0.4) is 0 Å². The Kier molecular flexibility index (Phi) is 7.47. The van der Waals surface area contributed by atoms with Crippen LogP contribution in [0.2, 0.25) is 15.1 Å². The van der Waals surface area contributed by atoms with Crippen LogP contribution in [0.5, 0.6) is 0 Å². The third kappa shape index (κ3) is 5.71. The Balaban J connectivity index is 1.55. The highest BCUT2D eigenvalue weighted by molar-refractivity contribution is 6.36. The Hall–Kier alpha value is -2.20. The van der Waals surface area contributed by atoms with Crippen molar-refractivity contribution in [2.75, 3.05) is 24.5 Å². The van der Waals surface area contributed by atoms with E-state index in [9.17, 15) is 4.79 Å². The Bertz CT molecular complexity index is 1150. The maximum atomic E-state index is 13.3. The summed E-state index contributed by atoms with van der Waals surface area (Å²) in [6.45, 7) is 8.44. The number of hydrogen-bond acceptors (Lipinski definition) is 2. The molecular weight excluding hydrogens is 487 g/mol. The van der Waals surface area contributed by atoms with E-state index in [1.165, 1.54) is 5.56 Å². The van der Waals surface area contributed by atoms with Crippen molar-refractivity contribution in [3.63, 3.8) is 0 Å². The number of anilines is 1. The summed E-state index contributed by atoms with van der Waals surface area (Å²) in [5.41, 5.74) is 4.38. The Morgan fingerprint density at radius 2 is 1.53 bits per heavy atom. The van der Waals surface area contributed by atoms with E-state index in [1.54, 1.807) is 6.07 Å². The highest BCUT2D eigenvalue weighted by atomic mass is 35.5. The van der Waals surface area contributed by atoms with E-state index in [0.29, 0.717) is 41.1 Å². The molecule has 1 amide bonds. The molecule has 4 rings (SSSR count). The first kappa shape index (κ1) is 24.9. The molecule has 0 aliphatic carbocycles. The fraction of sp³-hybridized carbons (Fsp3) is 0.321. The van der Waals surface area contributed by atoms with Crippen LogP contribution >= 0.6 is 34.8 Å². The van der Waals surface area contributed by atoms with Gasteiger partial charge >= 0.3 is 0 Å². The number of piperazine rings is 1. The van der Waals surface area contributed by atoms with Gasteiger partial charge in [0.1, 0.15) is 0 Å². The number of rotatable bonds is 4. The highest BCUT2D eigenvalue weighted by Crippen LogP contribution is 2.37. The van der Waals surface area contributed by atoms with Crippen molar-refractivity contribution in [3.05, 3.63) is 98.5 Å². The topological polar surface area (TPSA) is 23.6 Å². The molecule has 0 spiro atoms. The average molecular weight is 516 g/mol. The summed E-state index contributed by atoms with van der Waals surface area (Å²) in [5, 5.41) is 1.88. The first-order chi connectivity index (χ1) is 16.1. The summed E-state index contributed by atoms with van der Waals surface area (Å²) in [6, 6.07) is 21.7. The van der Waals surface area contributed by atoms with Crippen molar-refractivity contribution >= 4 is 46.4 Å². The van der Waals surface area contributed by atoms with Gasteiger partial charge in [0.05, 0.1) is 23.2 Å². The third-order valence-corrected chi connectivity index (χ3v) is 7.17. The lowest BCUT2D eigenvalue weighted by Crippen LogP contribution is -2.51. The molecule has 0 saturated carbocycles. The monoisotopic (exact) mass is 514 g/mol. The zero-order valence-corrected chi connectivity index (χ0v) is 22.0. The van der Waals surface area contributed by atoms with Crippen molar-refractivity contribution in [1.29, 1.82) is 0 Å². The molecule has 34 heavy (non-hydrogen) atoms. The molecule has 3 aromatic carbocycles. The fourth-order valence-electron chi connectivity index (χ4n) is 4.39. The molecule has 0 bridgehead atoms. The lowest BCUT2D eigenvalue weighted by atomic mass is 9.86. The maximum Gasteiger partial charge on any atom is 0.227 e. The van der Waals surface area contributed by atoms with Crippen molar-refractivity contribution in [2.24, 2.45) is 0 Å². The van der Waals surface area contributed by atoms with Crippen LogP contribution in [-0.2, 0) is 16.6 Å². The molecule has 1 saturated heterocycles. The summed E-state index contributed by atoms with van der Waals surface area (Å²) in [5.74, 6) is 0.129. The van der Waals surface area contributed by atoms with Gasteiger partial charge in [-0.05, 0) is 52.4 Å². The molecule has 3 aromatic rings. The van der Waals surface area contributed by atoms with E-state index in [2.05, 4.69) is 49.9 Å². The molecule has 1 aliphatic heterocycles. The number of carbonyl (C=O) groups is 1. The number of benzene rings is 3. The second-order valence-corrected chi connectivity index (χ2v) is 11.1. The van der Waals surface area contributed by atoms with Crippen LogP contribution in [0.25, 0.3) is 0 Å². The fourth-order valence-corrected chi connectivity index (χ4v) is 5.03. The summed E-state index contributed by atoms with van der Waals surface area (Å²) < 4.78 is 0. The van der Waals surface area contributed by atoms with Crippen LogP contribution in [0.15, 0.2) is 66.7 Å². The van der Waals surface area contributed by atoms with E-state index in [1.807, 2.05) is 41.3 Å². The van der Waals surface area contributed by atoms with E-state index in [4.69, 9.17) is 34.8 Å². The van der Waals surface area contributed by atoms with Crippen molar-refractivity contribution in [3.8, 4) is 0 Å². The zero-order chi connectivity index (χ0) is 24.5. The molecule has 178 valence electrons. The lowest BCUT2D eigenvalue weighted by molar-refractivity contribution is -0.131. The molecule has 1 fully saturated rings. The minimum absolute atomic E-state index is 0.0445.